The topological polar surface area (TPSA) is 96.3 Å². The van der Waals surface area contributed by atoms with Crippen molar-refractivity contribution in [2.75, 3.05) is 6.54 Å². The van der Waals surface area contributed by atoms with Gasteiger partial charge in [0.05, 0.1) is 5.69 Å². The molecule has 8 nitrogen and oxygen atoms in total. The number of urea groups is 1. The van der Waals surface area contributed by atoms with Gasteiger partial charge in [-0.1, -0.05) is 32.9 Å². The van der Waals surface area contributed by atoms with Crippen LogP contribution in [0, 0.1) is 11.3 Å². The Hall–Kier alpha value is -3.16. The summed E-state index contributed by atoms with van der Waals surface area (Å²) in [7, 11) is 0. The summed E-state index contributed by atoms with van der Waals surface area (Å²) in [6, 6.07) is 9.03. The average molecular weight is 424 g/mol. The smallest absolute Gasteiger partial charge is 0.325 e. The first-order chi connectivity index (χ1) is 14.7. The van der Waals surface area contributed by atoms with Gasteiger partial charge in [0.1, 0.15) is 12.1 Å². The molecule has 8 heteroatoms. The lowest BCUT2D eigenvalue weighted by atomic mass is 9.64. The molecule has 0 bridgehead atoms. The van der Waals surface area contributed by atoms with E-state index in [9.17, 15) is 14.4 Å². The number of hydrogen-bond donors (Lipinski definition) is 2. The molecule has 4 amide bonds. The van der Waals surface area contributed by atoms with E-state index in [0.29, 0.717) is 25.3 Å². The van der Waals surface area contributed by atoms with Gasteiger partial charge in [-0.3, -0.25) is 14.5 Å². The van der Waals surface area contributed by atoms with Crippen molar-refractivity contribution in [3.8, 4) is 5.69 Å². The highest BCUT2D eigenvalue weighted by Gasteiger charge is 2.56. The monoisotopic (exact) mass is 423 g/mol. The Labute approximate surface area is 182 Å². The van der Waals surface area contributed by atoms with Crippen LogP contribution < -0.4 is 10.6 Å². The van der Waals surface area contributed by atoms with Crippen LogP contribution in [0.5, 0.6) is 0 Å². The number of benzene rings is 1. The number of imide groups is 1. The SMILES string of the molecule is CC1CC(C)(C)CC2(C1)NC(=O)N(CC(=O)NCc1ccc(-n3cccn3)cc1)C2=O. The van der Waals surface area contributed by atoms with Gasteiger partial charge in [-0.25, -0.2) is 9.48 Å². The zero-order valence-electron chi connectivity index (χ0n) is 18.2. The minimum absolute atomic E-state index is 0.0405. The molecule has 1 spiro atoms. The first-order valence-electron chi connectivity index (χ1n) is 10.7. The third-order valence-corrected chi connectivity index (χ3v) is 6.12. The molecule has 1 aromatic heterocycles. The number of amides is 4. The number of rotatable bonds is 5. The second-order valence-electron chi connectivity index (χ2n) is 9.65. The minimum atomic E-state index is -0.888. The van der Waals surface area contributed by atoms with Gasteiger partial charge in [0.15, 0.2) is 0 Å². The molecule has 1 saturated carbocycles. The third kappa shape index (κ3) is 4.33. The van der Waals surface area contributed by atoms with E-state index in [1.54, 1.807) is 10.9 Å². The lowest BCUT2D eigenvalue weighted by Crippen LogP contribution is -2.54. The lowest BCUT2D eigenvalue weighted by Gasteiger charge is -2.43. The molecule has 1 aromatic carbocycles. The van der Waals surface area contributed by atoms with Crippen LogP contribution >= 0.6 is 0 Å². The van der Waals surface area contributed by atoms with Crippen molar-refractivity contribution in [1.82, 2.24) is 25.3 Å². The van der Waals surface area contributed by atoms with Crippen LogP contribution in [0.3, 0.4) is 0 Å². The van der Waals surface area contributed by atoms with Gasteiger partial charge >= 0.3 is 6.03 Å². The number of hydrogen-bond acceptors (Lipinski definition) is 4. The van der Waals surface area contributed by atoms with Crippen molar-refractivity contribution >= 4 is 17.8 Å². The summed E-state index contributed by atoms with van der Waals surface area (Å²) < 4.78 is 1.75. The molecular weight excluding hydrogens is 394 g/mol. The van der Waals surface area contributed by atoms with Crippen molar-refractivity contribution in [3.63, 3.8) is 0 Å². The minimum Gasteiger partial charge on any atom is -0.350 e. The molecule has 31 heavy (non-hydrogen) atoms. The predicted octanol–water partition coefficient (Wildman–Crippen LogP) is 2.63. The van der Waals surface area contributed by atoms with Gasteiger partial charge in [-0.2, -0.15) is 5.10 Å². The molecule has 2 N–H and O–H groups in total. The maximum absolute atomic E-state index is 13.1. The van der Waals surface area contributed by atoms with Crippen LogP contribution in [0.1, 0.15) is 45.6 Å². The van der Waals surface area contributed by atoms with Crippen molar-refractivity contribution in [3.05, 3.63) is 48.3 Å². The predicted molar refractivity (Wildman–Crippen MR) is 115 cm³/mol. The van der Waals surface area contributed by atoms with Crippen molar-refractivity contribution in [2.45, 2.75) is 52.1 Å². The quantitative estimate of drug-likeness (QED) is 0.723. The Morgan fingerprint density at radius 2 is 1.97 bits per heavy atom. The van der Waals surface area contributed by atoms with Crippen LogP contribution in [0.15, 0.2) is 42.7 Å². The first kappa shape index (κ1) is 21.1. The Kier molecular flexibility index (Phi) is 5.33. The first-order valence-corrected chi connectivity index (χ1v) is 10.7. The largest absolute Gasteiger partial charge is 0.350 e. The molecule has 1 aliphatic carbocycles. The van der Waals surface area contributed by atoms with Crippen LogP contribution in [-0.4, -0.2) is 44.6 Å². The molecule has 1 saturated heterocycles. The maximum atomic E-state index is 13.1. The zero-order valence-corrected chi connectivity index (χ0v) is 18.2. The summed E-state index contributed by atoms with van der Waals surface area (Å²) in [5.41, 5.74) is 0.914. The highest BCUT2D eigenvalue weighted by atomic mass is 16.2. The fourth-order valence-corrected chi connectivity index (χ4v) is 5.24. The number of carbonyl (C=O) groups excluding carboxylic acids is 3. The normalized spacial score (nSPS) is 25.0. The zero-order chi connectivity index (χ0) is 22.2. The molecule has 2 aliphatic rings. The van der Waals surface area contributed by atoms with Gasteiger partial charge in [-0.15, -0.1) is 0 Å². The molecule has 2 fully saturated rings. The standard InChI is InChI=1S/C23H29N5O3/c1-16-11-22(2,3)15-23(12-16)20(30)27(21(31)26-23)14-19(29)24-13-17-5-7-18(8-6-17)28-10-4-9-25-28/h4-10,16H,11-15H2,1-3H3,(H,24,29)(H,26,31). The van der Waals surface area contributed by atoms with Gasteiger partial charge in [0, 0.05) is 18.9 Å². The van der Waals surface area contributed by atoms with E-state index in [-0.39, 0.29) is 23.8 Å². The van der Waals surface area contributed by atoms with E-state index in [2.05, 4.69) is 36.5 Å². The van der Waals surface area contributed by atoms with E-state index in [4.69, 9.17) is 0 Å². The van der Waals surface area contributed by atoms with Crippen molar-refractivity contribution in [1.29, 1.82) is 0 Å². The van der Waals surface area contributed by atoms with E-state index >= 15 is 0 Å². The van der Waals surface area contributed by atoms with Gasteiger partial charge in [-0.05, 0) is 54.4 Å². The highest BCUT2D eigenvalue weighted by molar-refractivity contribution is 6.09. The second kappa shape index (κ2) is 7.83. The summed E-state index contributed by atoms with van der Waals surface area (Å²) in [5.74, 6) is -0.317. The van der Waals surface area contributed by atoms with Gasteiger partial charge < -0.3 is 10.6 Å². The van der Waals surface area contributed by atoms with Crippen molar-refractivity contribution in [2.24, 2.45) is 11.3 Å². The molecule has 4 rings (SSSR count). The fourth-order valence-electron chi connectivity index (χ4n) is 5.24. The van der Waals surface area contributed by atoms with Crippen LogP contribution in [0.4, 0.5) is 4.79 Å². The summed E-state index contributed by atoms with van der Waals surface area (Å²) in [5, 5.41) is 9.89. The Bertz CT molecular complexity index is 983. The Morgan fingerprint density at radius 3 is 2.61 bits per heavy atom. The van der Waals surface area contributed by atoms with Gasteiger partial charge in [0.2, 0.25) is 5.91 Å². The highest BCUT2D eigenvalue weighted by Crippen LogP contribution is 2.46. The van der Waals surface area contributed by atoms with Gasteiger partial charge in [0.25, 0.3) is 5.91 Å². The third-order valence-electron chi connectivity index (χ3n) is 6.12. The Morgan fingerprint density at radius 1 is 1.23 bits per heavy atom. The number of nitrogens with one attached hydrogen (secondary N) is 2. The molecule has 1 aliphatic heterocycles. The maximum Gasteiger partial charge on any atom is 0.325 e. The average Bonchev–Trinajstić information content (AvgIpc) is 3.29. The Balaban J connectivity index is 1.35. The second-order valence-corrected chi connectivity index (χ2v) is 9.65. The van der Waals surface area contributed by atoms with Crippen molar-refractivity contribution < 1.29 is 14.4 Å². The lowest BCUT2D eigenvalue weighted by molar-refractivity contribution is -0.137. The van der Waals surface area contributed by atoms with E-state index < -0.39 is 11.6 Å². The molecule has 2 heterocycles. The van der Waals surface area contributed by atoms with E-state index in [0.717, 1.165) is 22.6 Å². The molecule has 2 aromatic rings. The number of aromatic nitrogens is 2. The van der Waals surface area contributed by atoms with E-state index in [1.807, 2.05) is 36.5 Å². The van der Waals surface area contributed by atoms with Crippen LogP contribution in [-0.2, 0) is 16.1 Å². The van der Waals surface area contributed by atoms with E-state index in [1.165, 1.54) is 0 Å². The molecule has 2 unspecified atom stereocenters. The summed E-state index contributed by atoms with van der Waals surface area (Å²) in [4.78, 5) is 39.2. The summed E-state index contributed by atoms with van der Waals surface area (Å²) in [6.07, 6.45) is 5.79. The number of nitrogens with zero attached hydrogens (tertiary/aromatic N) is 3. The molecule has 0 radical (unpaired) electrons. The summed E-state index contributed by atoms with van der Waals surface area (Å²) in [6.45, 7) is 6.40. The molecular formula is C23H29N5O3. The molecule has 2 atom stereocenters. The molecule has 164 valence electrons. The number of carbonyl (C=O) groups is 3. The van der Waals surface area contributed by atoms with Crippen LogP contribution in [0.25, 0.3) is 5.69 Å². The summed E-state index contributed by atoms with van der Waals surface area (Å²) >= 11 is 0. The van der Waals surface area contributed by atoms with Crippen LogP contribution in [0.2, 0.25) is 0 Å². The fraction of sp³-hybridized carbons (Fsp3) is 0.478.